The van der Waals surface area contributed by atoms with Crippen molar-refractivity contribution in [2.24, 2.45) is 5.16 Å². The number of rotatable bonds is 3. The van der Waals surface area contributed by atoms with Crippen molar-refractivity contribution in [3.05, 3.63) is 142 Å². The number of Topliss-reactive ketones (excluding diaryl/α,β-unsaturated/α-hetero) is 2. The molecule has 7 rings (SSSR count). The molecule has 1 aliphatic heterocycles. The number of carbonyl (C=O) groups excluding carboxylic acids is 4. The van der Waals surface area contributed by atoms with Crippen LogP contribution in [0.4, 0.5) is 0 Å². The molecule has 11 heteroatoms. The highest BCUT2D eigenvalue weighted by Gasteiger charge is 2.26. The van der Waals surface area contributed by atoms with E-state index < -0.39 is 23.9 Å². The van der Waals surface area contributed by atoms with Gasteiger partial charge < -0.3 is 20.2 Å². The molecule has 0 atom stereocenters. The smallest absolute Gasteiger partial charge is 0.346 e. The van der Waals surface area contributed by atoms with Gasteiger partial charge in [-0.25, -0.2) is 9.59 Å². The van der Waals surface area contributed by atoms with E-state index in [4.69, 9.17) is 15.4 Å². The number of cyclic esters (lactones) is 2. The van der Waals surface area contributed by atoms with Gasteiger partial charge in [-0.05, 0) is 40.8 Å². The molecule has 55 heavy (non-hydrogen) atoms. The highest BCUT2D eigenvalue weighted by atomic mass is 16.6. The molecule has 0 radical (unpaired) electrons. The molecule has 2 aliphatic carbocycles. The lowest BCUT2D eigenvalue weighted by Crippen LogP contribution is -2.22. The second-order valence-electron chi connectivity index (χ2n) is 10.4. The van der Waals surface area contributed by atoms with Crippen LogP contribution in [-0.2, 0) is 40.0 Å². The van der Waals surface area contributed by atoms with E-state index in [1.807, 2.05) is 91.8 Å². The Hall–Kier alpha value is -6.23. The minimum Gasteiger partial charge on any atom is -0.481 e. The van der Waals surface area contributed by atoms with Crippen LogP contribution in [-0.4, -0.2) is 56.6 Å². The van der Waals surface area contributed by atoms with Crippen LogP contribution in [0.5, 0.6) is 0 Å². The van der Waals surface area contributed by atoms with E-state index in [0.717, 1.165) is 23.1 Å². The molecule has 294 valence electrons. The molecule has 1 heterocycles. The highest BCUT2D eigenvalue weighted by molar-refractivity contribution is 6.49. The number of aryl methyl sites for hydroxylation is 1. The summed E-state index contributed by atoms with van der Waals surface area (Å²) in [5.41, 5.74) is 5.59. The first-order valence-electron chi connectivity index (χ1n) is 18.4. The summed E-state index contributed by atoms with van der Waals surface area (Å²) < 4.78 is 4.43. The Morgan fingerprint density at radius 3 is 1.58 bits per heavy atom. The minimum absolute atomic E-state index is 0.0462. The number of benzene rings is 4. The molecule has 4 aromatic rings. The number of nitrogens with zero attached hydrogens (tertiary/aromatic N) is 1. The van der Waals surface area contributed by atoms with Gasteiger partial charge in [-0.2, -0.15) is 0 Å². The van der Waals surface area contributed by atoms with Crippen LogP contribution in [0, 0.1) is 0 Å². The van der Waals surface area contributed by atoms with Crippen LogP contribution in [0.15, 0.2) is 102 Å². The number of aromatic carboxylic acids is 1. The van der Waals surface area contributed by atoms with E-state index >= 15 is 0 Å². The number of ketones is 2. The average Bonchev–Trinajstić information content (AvgIpc) is 3.77. The molecule has 0 unspecified atom stereocenters. The maximum Gasteiger partial charge on any atom is 0.346 e. The molecule has 0 saturated carbocycles. The Morgan fingerprint density at radius 1 is 0.600 bits per heavy atom. The van der Waals surface area contributed by atoms with E-state index in [1.165, 1.54) is 17.7 Å². The Balaban J connectivity index is 0.000000666. The topological polar surface area (TPSA) is 185 Å². The van der Waals surface area contributed by atoms with E-state index in [0.29, 0.717) is 35.3 Å². The first kappa shape index (κ1) is 48.8. The van der Waals surface area contributed by atoms with E-state index in [-0.39, 0.29) is 29.9 Å². The lowest BCUT2D eigenvalue weighted by molar-refractivity contribution is -0.138. The lowest BCUT2D eigenvalue weighted by atomic mass is 10.0. The third-order valence-corrected chi connectivity index (χ3v) is 7.31. The monoisotopic (exact) mass is 755 g/mol. The largest absolute Gasteiger partial charge is 0.481 e. The summed E-state index contributed by atoms with van der Waals surface area (Å²) in [6, 6.07) is 28.1. The van der Waals surface area contributed by atoms with Gasteiger partial charge in [-0.15, -0.1) is 0 Å². The normalized spacial score (nSPS) is 12.8. The van der Waals surface area contributed by atoms with Crippen molar-refractivity contribution >= 4 is 41.2 Å². The zero-order chi connectivity index (χ0) is 41.9. The standard InChI is InChI=1S/C9H7NO2.C9H8O4.C9H6O3.C9H8O.4C2H6/c11-9-7-4-2-1-3-6(7)5-8(9)10-12;10-8(11)5-6-3-1-2-4-7(6)9(12)13;10-8-5-6-3-1-2-4-7(6)9(11)12-8;10-9-6-5-7-3-1-2-4-8(7)9;4*1-2/h1-4,12H,5H2;1-4H,5H2,(H,10,11)(H,12,13);1-4H,5H2;1-4H,5-6H2;4*1-2H3/b10-8+;;;;;;;. The van der Waals surface area contributed by atoms with Gasteiger partial charge >= 0.3 is 23.9 Å². The van der Waals surface area contributed by atoms with E-state index in [9.17, 15) is 28.8 Å². The van der Waals surface area contributed by atoms with Gasteiger partial charge in [0.1, 0.15) is 5.71 Å². The lowest BCUT2D eigenvalue weighted by Gasteiger charge is -2.12. The number of ether oxygens (including phenoxy) is 1. The number of hydrogen-bond donors (Lipinski definition) is 3. The number of esters is 2. The van der Waals surface area contributed by atoms with Gasteiger partial charge in [0.05, 0.1) is 24.0 Å². The second kappa shape index (κ2) is 27.4. The third-order valence-electron chi connectivity index (χ3n) is 7.31. The Morgan fingerprint density at radius 2 is 1.07 bits per heavy atom. The number of carbonyl (C=O) groups is 6. The molecular weight excluding hydrogens is 702 g/mol. The fraction of sp³-hybridized carbons (Fsp3) is 0.295. The van der Waals surface area contributed by atoms with Crippen LogP contribution in [0.1, 0.15) is 125 Å². The number of aliphatic carboxylic acids is 1. The maximum atomic E-state index is 11.3. The third kappa shape index (κ3) is 15.3. The van der Waals surface area contributed by atoms with Crippen molar-refractivity contribution < 1.29 is 48.9 Å². The number of carboxylic acid groups (broad SMARTS) is 2. The zero-order valence-corrected chi connectivity index (χ0v) is 32.9. The van der Waals surface area contributed by atoms with Crippen molar-refractivity contribution in [3.8, 4) is 0 Å². The van der Waals surface area contributed by atoms with Crippen LogP contribution in [0.3, 0.4) is 0 Å². The predicted molar refractivity (Wildman–Crippen MR) is 213 cm³/mol. The van der Waals surface area contributed by atoms with E-state index in [2.05, 4.69) is 9.89 Å². The fourth-order valence-corrected chi connectivity index (χ4v) is 5.06. The molecule has 0 saturated heterocycles. The SMILES string of the molecule is CC.CC.CC.CC.O=C(O)Cc1ccccc1C(=O)O.O=C1/C(=N/O)Cc2ccccc21.O=C1CCc2ccccc21.O=C1Cc2ccccc2C(=O)O1. The number of fused-ring (bicyclic) bond motifs is 3. The summed E-state index contributed by atoms with van der Waals surface area (Å²) >= 11 is 0. The van der Waals surface area contributed by atoms with Crippen LogP contribution in [0.25, 0.3) is 0 Å². The van der Waals surface area contributed by atoms with Crippen molar-refractivity contribution in [2.75, 3.05) is 0 Å². The molecule has 3 N–H and O–H groups in total. The van der Waals surface area contributed by atoms with Crippen molar-refractivity contribution in [2.45, 2.75) is 87.5 Å². The molecular formula is C44H53NO10. The molecule has 0 fully saturated rings. The number of oxime groups is 1. The average molecular weight is 756 g/mol. The van der Waals surface area contributed by atoms with Crippen molar-refractivity contribution in [1.82, 2.24) is 0 Å². The van der Waals surface area contributed by atoms with Gasteiger partial charge in [-0.1, -0.05) is 145 Å². The fourth-order valence-electron chi connectivity index (χ4n) is 5.06. The van der Waals surface area contributed by atoms with Gasteiger partial charge in [0.2, 0.25) is 5.78 Å². The Labute approximate surface area is 323 Å². The van der Waals surface area contributed by atoms with Crippen LogP contribution < -0.4 is 0 Å². The minimum atomic E-state index is -1.10. The summed E-state index contributed by atoms with van der Waals surface area (Å²) in [7, 11) is 0. The van der Waals surface area contributed by atoms with Crippen LogP contribution >= 0.6 is 0 Å². The molecule has 3 aliphatic rings. The zero-order valence-electron chi connectivity index (χ0n) is 32.9. The number of hydrogen-bond acceptors (Lipinski definition) is 9. The van der Waals surface area contributed by atoms with E-state index in [1.54, 1.807) is 48.5 Å². The molecule has 4 aromatic carbocycles. The summed E-state index contributed by atoms with van der Waals surface area (Å²) in [6.07, 6.45) is 2.03. The second-order valence-corrected chi connectivity index (χ2v) is 10.4. The summed E-state index contributed by atoms with van der Waals surface area (Å²) in [5, 5.41) is 28.6. The first-order chi connectivity index (χ1) is 26.6. The highest BCUT2D eigenvalue weighted by Crippen LogP contribution is 2.21. The summed E-state index contributed by atoms with van der Waals surface area (Å²) in [5.74, 6) is -3.00. The summed E-state index contributed by atoms with van der Waals surface area (Å²) in [6.45, 7) is 16.0. The van der Waals surface area contributed by atoms with Crippen molar-refractivity contribution in [1.29, 1.82) is 0 Å². The van der Waals surface area contributed by atoms with Gasteiger partial charge in [0.15, 0.2) is 5.78 Å². The van der Waals surface area contributed by atoms with Gasteiger partial charge in [0, 0.05) is 24.0 Å². The predicted octanol–water partition coefficient (Wildman–Crippen LogP) is 9.11. The summed E-state index contributed by atoms with van der Waals surface area (Å²) in [4.78, 5) is 65.2. The molecule has 0 spiro atoms. The quantitative estimate of drug-likeness (QED) is 0.0788. The maximum absolute atomic E-state index is 11.3. The molecule has 0 amide bonds. The van der Waals surface area contributed by atoms with Crippen LogP contribution in [0.2, 0.25) is 0 Å². The number of carboxylic acids is 2. The molecule has 11 nitrogen and oxygen atoms in total. The first-order valence-corrected chi connectivity index (χ1v) is 18.4. The van der Waals surface area contributed by atoms with Gasteiger partial charge in [-0.3, -0.25) is 19.2 Å². The Bertz CT molecular complexity index is 1890. The Kier molecular flexibility index (Phi) is 24.3. The molecule has 0 aromatic heterocycles. The van der Waals surface area contributed by atoms with Gasteiger partial charge in [0.25, 0.3) is 0 Å². The van der Waals surface area contributed by atoms with Crippen molar-refractivity contribution in [3.63, 3.8) is 0 Å². The molecule has 0 bridgehead atoms.